The molecule has 4 aromatic rings. The SMILES string of the molecule is C=CCN(CC=C)[Si]N(CC=C)CC=C.Cc1cc2ccccc2[cH-]1.Cc1cc2ccccc2[cH-]1.[Zr+2]. The fraction of sp³-hybridized carbons (Fsp3) is 0.188. The molecule has 0 saturated carbocycles. The van der Waals surface area contributed by atoms with Gasteiger partial charge < -0.3 is 9.13 Å². The van der Waals surface area contributed by atoms with Crippen LogP contribution in [0.3, 0.4) is 0 Å². The molecule has 2 nitrogen and oxygen atoms in total. The maximum absolute atomic E-state index is 3.75. The topological polar surface area (TPSA) is 6.48 Å². The van der Waals surface area contributed by atoms with Crippen molar-refractivity contribution in [3.63, 3.8) is 0 Å². The first kappa shape index (κ1) is 31.7. The minimum absolute atomic E-state index is 0. The summed E-state index contributed by atoms with van der Waals surface area (Å²) in [6.07, 6.45) is 7.65. The Morgan fingerprint density at radius 1 is 0.639 bits per heavy atom. The second kappa shape index (κ2) is 18.0. The van der Waals surface area contributed by atoms with Crippen molar-refractivity contribution in [1.29, 1.82) is 0 Å². The van der Waals surface area contributed by atoms with Gasteiger partial charge in [-0.25, -0.2) is 0 Å². The Hall–Kier alpha value is -2.36. The first-order valence-electron chi connectivity index (χ1n) is 11.9. The Bertz CT molecular complexity index is 1020. The standard InChI is InChI=1S/C12H20N2Si.2C10H9.Zr/c1-5-9-13(10-6-2)15-14(11-7-3)12-8-4;2*1-8-6-9-4-2-3-5-10(9)7-8;/h5-8H,1-4,9-12H2;2*2-7H,1H3;/q;2*-1;+2. The first-order chi connectivity index (χ1) is 17.0. The molecule has 0 fully saturated rings. The molecule has 0 bridgehead atoms. The third-order valence-electron chi connectivity index (χ3n) is 5.21. The van der Waals surface area contributed by atoms with Crippen LogP contribution in [-0.4, -0.2) is 45.2 Å². The van der Waals surface area contributed by atoms with E-state index in [-0.39, 0.29) is 26.2 Å². The van der Waals surface area contributed by atoms with Crippen LogP contribution in [-0.2, 0) is 26.2 Å². The Labute approximate surface area is 240 Å². The molecule has 0 atom stereocenters. The molecule has 0 heterocycles. The first-order valence-corrected chi connectivity index (χ1v) is 12.8. The van der Waals surface area contributed by atoms with Crippen molar-refractivity contribution in [2.45, 2.75) is 13.8 Å². The van der Waals surface area contributed by atoms with Crippen LogP contribution in [0.25, 0.3) is 21.5 Å². The van der Waals surface area contributed by atoms with Gasteiger partial charge >= 0.3 is 26.2 Å². The van der Waals surface area contributed by atoms with Gasteiger partial charge in [-0.05, 0) is 0 Å². The van der Waals surface area contributed by atoms with E-state index in [4.69, 9.17) is 0 Å². The van der Waals surface area contributed by atoms with E-state index in [0.717, 1.165) is 26.2 Å². The van der Waals surface area contributed by atoms with Crippen LogP contribution < -0.4 is 0 Å². The third-order valence-corrected chi connectivity index (χ3v) is 6.50. The van der Waals surface area contributed by atoms with Crippen LogP contribution in [0.1, 0.15) is 11.1 Å². The molecule has 2 radical (unpaired) electrons. The summed E-state index contributed by atoms with van der Waals surface area (Å²) in [6.45, 7) is 22.8. The number of nitrogens with zero attached hydrogens (tertiary/aromatic N) is 2. The average molecular weight is 570 g/mol. The van der Waals surface area contributed by atoms with E-state index in [1.165, 1.54) is 32.7 Å². The van der Waals surface area contributed by atoms with Crippen LogP contribution in [0.5, 0.6) is 0 Å². The van der Waals surface area contributed by atoms with E-state index in [1.807, 2.05) is 24.3 Å². The van der Waals surface area contributed by atoms with Crippen molar-refractivity contribution in [3.8, 4) is 0 Å². The van der Waals surface area contributed by atoms with Gasteiger partial charge in [0.05, 0.1) is 0 Å². The molecule has 0 aromatic heterocycles. The number of rotatable bonds is 10. The van der Waals surface area contributed by atoms with Gasteiger partial charge in [0, 0.05) is 26.2 Å². The Balaban J connectivity index is 0.000000272. The van der Waals surface area contributed by atoms with Crippen molar-refractivity contribution in [2.75, 3.05) is 26.2 Å². The monoisotopic (exact) mass is 568 g/mol. The Kier molecular flexibility index (Phi) is 15.8. The van der Waals surface area contributed by atoms with E-state index < -0.39 is 0 Å². The summed E-state index contributed by atoms with van der Waals surface area (Å²) >= 11 is 0. The van der Waals surface area contributed by atoms with Gasteiger partial charge in [0.15, 0.2) is 0 Å². The zero-order valence-corrected chi connectivity index (χ0v) is 25.2. The zero-order chi connectivity index (χ0) is 25.5. The van der Waals surface area contributed by atoms with Crippen molar-refractivity contribution in [1.82, 2.24) is 9.13 Å². The molecule has 0 spiro atoms. The number of benzene rings is 2. The maximum atomic E-state index is 3.75. The minimum Gasteiger partial charge on any atom is -0.305 e. The Morgan fingerprint density at radius 2 is 0.972 bits per heavy atom. The molecule has 0 saturated heterocycles. The van der Waals surface area contributed by atoms with Gasteiger partial charge in [0.1, 0.15) is 0 Å². The summed E-state index contributed by atoms with van der Waals surface area (Å²) < 4.78 is 4.57. The summed E-state index contributed by atoms with van der Waals surface area (Å²) in [5, 5.41) is 5.39. The molecule has 0 unspecified atom stereocenters. The third kappa shape index (κ3) is 11.1. The molecule has 4 rings (SSSR count). The molecule has 4 heteroatoms. The van der Waals surface area contributed by atoms with E-state index in [9.17, 15) is 0 Å². The van der Waals surface area contributed by atoms with Crippen LogP contribution >= 0.6 is 0 Å². The zero-order valence-electron chi connectivity index (χ0n) is 21.8. The van der Waals surface area contributed by atoms with Crippen LogP contribution in [0, 0.1) is 13.8 Å². The summed E-state index contributed by atoms with van der Waals surface area (Å²) in [6, 6.07) is 25.7. The quantitative estimate of drug-likeness (QED) is 0.110. The number of aryl methyl sites for hydroxylation is 2. The van der Waals surface area contributed by atoms with Gasteiger partial charge in [-0.15, -0.1) is 108 Å². The predicted molar refractivity (Wildman–Crippen MR) is 158 cm³/mol. The van der Waals surface area contributed by atoms with Crippen molar-refractivity contribution in [3.05, 3.63) is 135 Å². The second-order valence-corrected chi connectivity index (χ2v) is 9.85. The number of hydrogen-bond donors (Lipinski definition) is 0. The van der Waals surface area contributed by atoms with Crippen LogP contribution in [0.2, 0.25) is 0 Å². The van der Waals surface area contributed by atoms with Crippen molar-refractivity contribution >= 4 is 31.4 Å². The normalized spacial score (nSPS) is 10.1. The fourth-order valence-corrected chi connectivity index (χ4v) is 4.99. The number of fused-ring (bicyclic) bond motifs is 2. The smallest absolute Gasteiger partial charge is 0.305 e. The summed E-state index contributed by atoms with van der Waals surface area (Å²) in [5.41, 5.74) is 2.70. The van der Waals surface area contributed by atoms with Crippen molar-refractivity contribution in [2.24, 2.45) is 0 Å². The summed E-state index contributed by atoms with van der Waals surface area (Å²) in [5.74, 6) is 0. The molecule has 0 aliphatic rings. The maximum Gasteiger partial charge on any atom is 2.00 e. The van der Waals surface area contributed by atoms with Crippen molar-refractivity contribution < 1.29 is 26.2 Å². The van der Waals surface area contributed by atoms with Gasteiger partial charge in [-0.2, -0.15) is 12.1 Å². The molecule has 0 aliphatic carbocycles. The minimum atomic E-state index is 0. The molecular weight excluding hydrogens is 532 g/mol. The van der Waals surface area contributed by atoms with E-state index in [2.05, 4.69) is 122 Å². The molecule has 184 valence electrons. The van der Waals surface area contributed by atoms with Gasteiger partial charge in [0.25, 0.3) is 9.84 Å². The average Bonchev–Trinajstić information content (AvgIpc) is 3.41. The molecule has 36 heavy (non-hydrogen) atoms. The molecule has 0 aliphatic heterocycles. The van der Waals surface area contributed by atoms with Gasteiger partial charge in [0.2, 0.25) is 0 Å². The largest absolute Gasteiger partial charge is 2.00 e. The van der Waals surface area contributed by atoms with Gasteiger partial charge in [-0.1, -0.05) is 50.3 Å². The van der Waals surface area contributed by atoms with Crippen LogP contribution in [0.4, 0.5) is 0 Å². The summed E-state index contributed by atoms with van der Waals surface area (Å²) in [4.78, 5) is 0. The molecular formula is C32H38N2SiZr. The van der Waals surface area contributed by atoms with Gasteiger partial charge in [-0.3, -0.25) is 0 Å². The molecule has 0 amide bonds. The van der Waals surface area contributed by atoms with E-state index in [0.29, 0.717) is 9.84 Å². The van der Waals surface area contributed by atoms with E-state index >= 15 is 0 Å². The predicted octanol–water partition coefficient (Wildman–Crippen LogP) is 7.60. The van der Waals surface area contributed by atoms with E-state index in [1.54, 1.807) is 0 Å². The fourth-order valence-electron chi connectivity index (χ4n) is 3.75. The summed E-state index contributed by atoms with van der Waals surface area (Å²) in [7, 11) is 0.623. The van der Waals surface area contributed by atoms with Crippen LogP contribution in [0.15, 0.2) is 123 Å². The number of hydrogen-bond acceptors (Lipinski definition) is 2. The second-order valence-electron chi connectivity index (χ2n) is 8.39. The molecule has 0 N–H and O–H groups in total. The Morgan fingerprint density at radius 3 is 1.28 bits per heavy atom. The molecule has 4 aromatic carbocycles.